The topological polar surface area (TPSA) is 79.7 Å². The number of amides is 1. The Hall–Kier alpha value is -3.41. The molecule has 3 aromatic rings. The van der Waals surface area contributed by atoms with Crippen molar-refractivity contribution in [3.63, 3.8) is 0 Å². The molecule has 1 aliphatic carbocycles. The summed E-state index contributed by atoms with van der Waals surface area (Å²) in [5, 5.41) is 9.59. The maximum Gasteiger partial charge on any atom is 0.341 e. The summed E-state index contributed by atoms with van der Waals surface area (Å²) in [5.74, 6) is -0.535. The van der Waals surface area contributed by atoms with Gasteiger partial charge in [0, 0.05) is 24.7 Å². The highest BCUT2D eigenvalue weighted by molar-refractivity contribution is 6.07. The normalized spacial score (nSPS) is 12.6. The molecule has 0 unspecified atom stereocenters. The molecular weight excluding hydrogens is 368 g/mol. The number of aliphatic carboxylic acids is 1. The third-order valence-electron chi connectivity index (χ3n) is 5.19. The largest absolute Gasteiger partial charge is 0.482 e. The molecule has 1 heterocycles. The molecule has 0 bridgehead atoms. The third-order valence-corrected chi connectivity index (χ3v) is 5.19. The molecule has 2 aromatic carbocycles. The Kier molecular flexibility index (Phi) is 5.16. The number of aromatic nitrogens is 1. The average molecular weight is 390 g/mol. The van der Waals surface area contributed by atoms with Crippen molar-refractivity contribution in [3.8, 4) is 5.75 Å². The minimum absolute atomic E-state index is 0.00652. The van der Waals surface area contributed by atoms with Gasteiger partial charge in [-0.1, -0.05) is 30.3 Å². The summed E-state index contributed by atoms with van der Waals surface area (Å²) in [7, 11) is 1.80. The van der Waals surface area contributed by atoms with Crippen LogP contribution in [0.1, 0.15) is 33.6 Å². The fourth-order valence-electron chi connectivity index (χ4n) is 3.83. The number of para-hydroxylation sites is 1. The smallest absolute Gasteiger partial charge is 0.341 e. The van der Waals surface area contributed by atoms with Crippen LogP contribution in [0.3, 0.4) is 0 Å². The fraction of sp³-hybridized carbons (Fsp3) is 0.261. The summed E-state index contributed by atoms with van der Waals surface area (Å²) >= 11 is 0. The van der Waals surface area contributed by atoms with Gasteiger partial charge in [0.25, 0.3) is 5.91 Å². The molecule has 1 aromatic heterocycles. The quantitative estimate of drug-likeness (QED) is 0.697. The van der Waals surface area contributed by atoms with Crippen molar-refractivity contribution in [2.24, 2.45) is 0 Å². The predicted molar refractivity (Wildman–Crippen MR) is 109 cm³/mol. The molecular formula is C23H22N2O4. The van der Waals surface area contributed by atoms with E-state index in [1.807, 2.05) is 36.4 Å². The molecule has 0 atom stereocenters. The molecule has 0 fully saturated rings. The van der Waals surface area contributed by atoms with Crippen LogP contribution in [-0.4, -0.2) is 40.5 Å². The van der Waals surface area contributed by atoms with Gasteiger partial charge in [-0.15, -0.1) is 0 Å². The number of carbonyl (C=O) groups is 2. The number of rotatable bonds is 6. The van der Waals surface area contributed by atoms with E-state index in [1.165, 1.54) is 0 Å². The maximum atomic E-state index is 13.4. The molecule has 6 nitrogen and oxygen atoms in total. The summed E-state index contributed by atoms with van der Waals surface area (Å²) in [6, 6.07) is 14.9. The number of hydrogen-bond acceptors (Lipinski definition) is 4. The number of nitrogens with zero attached hydrogens (tertiary/aromatic N) is 2. The Morgan fingerprint density at radius 3 is 2.62 bits per heavy atom. The Bertz CT molecular complexity index is 1080. The van der Waals surface area contributed by atoms with Gasteiger partial charge >= 0.3 is 5.97 Å². The number of hydrogen-bond donors (Lipinski definition) is 1. The number of benzene rings is 2. The van der Waals surface area contributed by atoms with Crippen molar-refractivity contribution in [3.05, 3.63) is 70.9 Å². The van der Waals surface area contributed by atoms with Crippen LogP contribution in [0, 0.1) is 0 Å². The van der Waals surface area contributed by atoms with Crippen LogP contribution in [0.2, 0.25) is 0 Å². The second kappa shape index (κ2) is 7.91. The standard InChI is InChI=1S/C23H22N2O4/c1-25(13-15-9-11-16(12-10-15)29-14-21(26)27)23(28)22-17-5-2-3-7-19(17)24-20-8-4-6-18(20)22/h2-3,5,7,9-12H,4,6,8,13-14H2,1H3,(H,26,27). The number of ether oxygens (including phenoxy) is 1. The first-order chi connectivity index (χ1) is 14.0. The van der Waals surface area contributed by atoms with Gasteiger partial charge in [0.1, 0.15) is 5.75 Å². The van der Waals surface area contributed by atoms with E-state index in [9.17, 15) is 9.59 Å². The summed E-state index contributed by atoms with van der Waals surface area (Å²) in [6.07, 6.45) is 2.83. The van der Waals surface area contributed by atoms with Crippen molar-refractivity contribution >= 4 is 22.8 Å². The van der Waals surface area contributed by atoms with Crippen LogP contribution < -0.4 is 4.74 Å². The van der Waals surface area contributed by atoms with Crippen LogP contribution in [0.5, 0.6) is 5.75 Å². The van der Waals surface area contributed by atoms with E-state index in [0.29, 0.717) is 12.3 Å². The summed E-state index contributed by atoms with van der Waals surface area (Å²) in [4.78, 5) is 30.4. The minimum Gasteiger partial charge on any atom is -0.482 e. The summed E-state index contributed by atoms with van der Waals surface area (Å²) in [6.45, 7) is 0.0709. The van der Waals surface area contributed by atoms with E-state index in [1.54, 1.807) is 24.1 Å². The van der Waals surface area contributed by atoms with Crippen molar-refractivity contribution in [2.75, 3.05) is 13.7 Å². The highest BCUT2D eigenvalue weighted by Gasteiger charge is 2.25. The first kappa shape index (κ1) is 18.9. The van der Waals surface area contributed by atoms with Crippen LogP contribution in [-0.2, 0) is 24.2 Å². The predicted octanol–water partition coefficient (Wildman–Crippen LogP) is 3.46. The zero-order valence-electron chi connectivity index (χ0n) is 16.2. The van der Waals surface area contributed by atoms with Gasteiger partial charge in [0.15, 0.2) is 6.61 Å². The van der Waals surface area contributed by atoms with Gasteiger partial charge in [-0.05, 0) is 48.6 Å². The third kappa shape index (κ3) is 3.92. The molecule has 1 aliphatic rings. The monoisotopic (exact) mass is 390 g/mol. The van der Waals surface area contributed by atoms with Gasteiger partial charge < -0.3 is 14.7 Å². The lowest BCUT2D eigenvalue weighted by molar-refractivity contribution is -0.139. The highest BCUT2D eigenvalue weighted by atomic mass is 16.5. The first-order valence-electron chi connectivity index (χ1n) is 9.62. The lowest BCUT2D eigenvalue weighted by Gasteiger charge is -2.20. The maximum absolute atomic E-state index is 13.4. The molecule has 148 valence electrons. The first-order valence-corrected chi connectivity index (χ1v) is 9.62. The Morgan fingerprint density at radius 1 is 1.10 bits per heavy atom. The Morgan fingerprint density at radius 2 is 1.86 bits per heavy atom. The second-order valence-corrected chi connectivity index (χ2v) is 7.27. The van der Waals surface area contributed by atoms with Crippen molar-refractivity contribution in [2.45, 2.75) is 25.8 Å². The van der Waals surface area contributed by atoms with E-state index >= 15 is 0 Å². The van der Waals surface area contributed by atoms with E-state index < -0.39 is 5.97 Å². The van der Waals surface area contributed by atoms with Crippen molar-refractivity contribution < 1.29 is 19.4 Å². The number of aryl methyl sites for hydroxylation is 1. The number of carbonyl (C=O) groups excluding carboxylic acids is 1. The molecule has 0 spiro atoms. The van der Waals surface area contributed by atoms with Gasteiger partial charge in [0.05, 0.1) is 11.1 Å². The lowest BCUT2D eigenvalue weighted by Crippen LogP contribution is -2.27. The zero-order valence-corrected chi connectivity index (χ0v) is 16.2. The summed E-state index contributed by atoms with van der Waals surface area (Å²) < 4.78 is 5.16. The van der Waals surface area contributed by atoms with Gasteiger partial charge in [-0.25, -0.2) is 4.79 Å². The van der Waals surface area contributed by atoms with Gasteiger partial charge in [-0.2, -0.15) is 0 Å². The Balaban J connectivity index is 1.57. The van der Waals surface area contributed by atoms with E-state index in [0.717, 1.165) is 52.5 Å². The molecule has 0 saturated carbocycles. The number of carboxylic acid groups (broad SMARTS) is 1. The lowest BCUT2D eigenvalue weighted by atomic mass is 10.00. The van der Waals surface area contributed by atoms with Crippen LogP contribution in [0.25, 0.3) is 10.9 Å². The molecule has 1 N–H and O–H groups in total. The number of fused-ring (bicyclic) bond motifs is 2. The van der Waals surface area contributed by atoms with Gasteiger partial charge in [-0.3, -0.25) is 9.78 Å². The zero-order chi connectivity index (χ0) is 20.4. The summed E-state index contributed by atoms with van der Waals surface area (Å²) in [5.41, 5.74) is 4.70. The molecule has 0 saturated heterocycles. The molecule has 29 heavy (non-hydrogen) atoms. The average Bonchev–Trinajstić information content (AvgIpc) is 3.19. The fourth-order valence-corrected chi connectivity index (χ4v) is 3.83. The number of pyridine rings is 1. The van der Waals surface area contributed by atoms with E-state index in [2.05, 4.69) is 0 Å². The van der Waals surface area contributed by atoms with Crippen LogP contribution in [0.15, 0.2) is 48.5 Å². The molecule has 0 radical (unpaired) electrons. The van der Waals surface area contributed by atoms with E-state index in [-0.39, 0.29) is 12.5 Å². The van der Waals surface area contributed by atoms with Gasteiger partial charge in [0.2, 0.25) is 0 Å². The van der Waals surface area contributed by atoms with Crippen molar-refractivity contribution in [1.29, 1.82) is 0 Å². The Labute approximate surface area is 168 Å². The molecule has 0 aliphatic heterocycles. The minimum atomic E-state index is -1.02. The molecule has 6 heteroatoms. The molecule has 1 amide bonds. The van der Waals surface area contributed by atoms with Crippen LogP contribution in [0.4, 0.5) is 0 Å². The second-order valence-electron chi connectivity index (χ2n) is 7.27. The molecule has 4 rings (SSSR count). The highest BCUT2D eigenvalue weighted by Crippen LogP contribution is 2.31. The number of carboxylic acids is 1. The SMILES string of the molecule is CN(Cc1ccc(OCC(=O)O)cc1)C(=O)c1c2c(nc3ccccc13)CCC2. The van der Waals surface area contributed by atoms with Crippen molar-refractivity contribution in [1.82, 2.24) is 9.88 Å². The van der Waals surface area contributed by atoms with Crippen LogP contribution >= 0.6 is 0 Å². The van der Waals surface area contributed by atoms with E-state index in [4.69, 9.17) is 14.8 Å².